The summed E-state index contributed by atoms with van der Waals surface area (Å²) in [4.78, 5) is 25.9. The number of fused-ring (bicyclic) bond motifs is 1. The van der Waals surface area contributed by atoms with Crippen LogP contribution in [0.4, 0.5) is 0 Å². The Morgan fingerprint density at radius 1 is 0.971 bits per heavy atom. The molecule has 1 heterocycles. The molecule has 0 N–H and O–H groups in total. The molecule has 0 spiro atoms. The lowest BCUT2D eigenvalue weighted by Gasteiger charge is -2.13. The van der Waals surface area contributed by atoms with Gasteiger partial charge in [0.05, 0.1) is 26.4 Å². The van der Waals surface area contributed by atoms with E-state index in [-0.39, 0.29) is 22.9 Å². The molecule has 0 bridgehead atoms. The van der Waals surface area contributed by atoms with Crippen LogP contribution in [0, 0.1) is 6.92 Å². The van der Waals surface area contributed by atoms with E-state index < -0.39 is 5.97 Å². The van der Waals surface area contributed by atoms with Crippen LogP contribution in [0.3, 0.4) is 0 Å². The lowest BCUT2D eigenvalue weighted by Crippen LogP contribution is -2.12. The van der Waals surface area contributed by atoms with Crippen LogP contribution >= 0.6 is 0 Å². The highest BCUT2D eigenvalue weighted by molar-refractivity contribution is 6.15. The number of ketones is 1. The molecule has 0 aromatic heterocycles. The van der Waals surface area contributed by atoms with E-state index in [1.165, 1.54) is 20.3 Å². The van der Waals surface area contributed by atoms with Crippen LogP contribution in [0.25, 0.3) is 6.08 Å². The van der Waals surface area contributed by atoms with Gasteiger partial charge < -0.3 is 23.7 Å². The Hall–Kier alpha value is -4.26. The number of hydrogen-bond acceptors (Lipinski definition) is 7. The molecule has 1 aliphatic heterocycles. The van der Waals surface area contributed by atoms with E-state index in [9.17, 15) is 9.59 Å². The zero-order valence-corrected chi connectivity index (χ0v) is 19.3. The number of carbonyl (C=O) groups excluding carboxylic acids is 2. The molecule has 0 unspecified atom stereocenters. The summed E-state index contributed by atoms with van der Waals surface area (Å²) in [6.45, 7) is 4.26. The lowest BCUT2D eigenvalue weighted by atomic mass is 10.0. The van der Waals surface area contributed by atoms with E-state index in [4.69, 9.17) is 23.7 Å². The largest absolute Gasteiger partial charge is 0.496 e. The highest BCUT2D eigenvalue weighted by atomic mass is 16.5. The van der Waals surface area contributed by atoms with E-state index in [0.717, 1.165) is 11.3 Å². The van der Waals surface area contributed by atoms with Gasteiger partial charge in [0.25, 0.3) is 0 Å². The van der Waals surface area contributed by atoms with Crippen LogP contribution in [-0.4, -0.2) is 32.6 Å². The number of Topliss-reactive ketones (excluding diaryl/α,β-unsaturated/α-hetero) is 1. The second kappa shape index (κ2) is 9.70. The monoisotopic (exact) mass is 460 g/mol. The quantitative estimate of drug-likeness (QED) is 0.271. The van der Waals surface area contributed by atoms with Crippen LogP contribution in [0.1, 0.15) is 38.8 Å². The maximum absolute atomic E-state index is 13.0. The second-order valence-corrected chi connectivity index (χ2v) is 7.48. The molecule has 4 rings (SSSR count). The predicted octanol–water partition coefficient (Wildman–Crippen LogP) is 5.25. The molecule has 0 radical (unpaired) electrons. The van der Waals surface area contributed by atoms with E-state index in [2.05, 4.69) is 0 Å². The molecule has 0 saturated carbocycles. The molecular formula is C27H24O7. The van der Waals surface area contributed by atoms with Gasteiger partial charge in [0.15, 0.2) is 5.76 Å². The first-order valence-electron chi connectivity index (χ1n) is 10.7. The number of aryl methyl sites for hydroxylation is 1. The molecule has 0 aliphatic carbocycles. The number of carbonyl (C=O) groups is 2. The van der Waals surface area contributed by atoms with Crippen molar-refractivity contribution in [2.45, 2.75) is 13.8 Å². The van der Waals surface area contributed by atoms with E-state index in [1.807, 2.05) is 31.2 Å². The number of rotatable bonds is 7. The summed E-state index contributed by atoms with van der Waals surface area (Å²) in [7, 11) is 2.92. The van der Waals surface area contributed by atoms with Gasteiger partial charge in [-0.25, -0.2) is 4.79 Å². The van der Waals surface area contributed by atoms with Crippen molar-refractivity contribution in [3.05, 3.63) is 82.6 Å². The normalized spacial score (nSPS) is 13.3. The topological polar surface area (TPSA) is 80.3 Å². The summed E-state index contributed by atoms with van der Waals surface area (Å²) in [5.41, 5.74) is 2.03. The average molecular weight is 460 g/mol. The first-order chi connectivity index (χ1) is 16.4. The second-order valence-electron chi connectivity index (χ2n) is 7.48. The van der Waals surface area contributed by atoms with Gasteiger partial charge >= 0.3 is 5.97 Å². The minimum Gasteiger partial charge on any atom is -0.496 e. The maximum atomic E-state index is 13.0. The van der Waals surface area contributed by atoms with Crippen LogP contribution < -0.4 is 23.7 Å². The van der Waals surface area contributed by atoms with Crippen molar-refractivity contribution in [2.75, 3.05) is 20.8 Å². The van der Waals surface area contributed by atoms with Crippen molar-refractivity contribution < 1.29 is 33.3 Å². The first-order valence-corrected chi connectivity index (χ1v) is 10.7. The molecule has 1 aliphatic rings. The Labute approximate surface area is 197 Å². The van der Waals surface area contributed by atoms with E-state index in [0.29, 0.717) is 35.0 Å². The molecule has 0 amide bonds. The molecule has 34 heavy (non-hydrogen) atoms. The number of benzene rings is 3. The fraction of sp³-hybridized carbons (Fsp3) is 0.185. The summed E-state index contributed by atoms with van der Waals surface area (Å²) in [5, 5.41) is 0. The van der Waals surface area contributed by atoms with Gasteiger partial charge in [-0.1, -0.05) is 18.2 Å². The molecule has 3 aromatic carbocycles. The van der Waals surface area contributed by atoms with Crippen molar-refractivity contribution in [1.29, 1.82) is 0 Å². The summed E-state index contributed by atoms with van der Waals surface area (Å²) in [5.74, 6) is 1.29. The summed E-state index contributed by atoms with van der Waals surface area (Å²) >= 11 is 0. The summed E-state index contributed by atoms with van der Waals surface area (Å²) in [6, 6.07) is 15.5. The first kappa shape index (κ1) is 22.9. The van der Waals surface area contributed by atoms with Crippen molar-refractivity contribution in [2.24, 2.45) is 0 Å². The predicted molar refractivity (Wildman–Crippen MR) is 126 cm³/mol. The molecule has 0 atom stereocenters. The number of hydrogen-bond donors (Lipinski definition) is 0. The third kappa shape index (κ3) is 4.45. The Balaban J connectivity index is 1.59. The molecule has 0 fully saturated rings. The lowest BCUT2D eigenvalue weighted by molar-refractivity contribution is 0.0727. The zero-order valence-electron chi connectivity index (χ0n) is 19.3. The Morgan fingerprint density at radius 3 is 2.26 bits per heavy atom. The fourth-order valence-corrected chi connectivity index (χ4v) is 3.73. The minimum atomic E-state index is -0.650. The SMILES string of the molecule is CCOc1ccc(/C=C2\Oc3cc(OC(=O)c4c(OC)cccc4OC)cc(C)c3C2=O)cc1. The van der Waals surface area contributed by atoms with Crippen LogP contribution in [0.5, 0.6) is 28.7 Å². The maximum Gasteiger partial charge on any atom is 0.351 e. The van der Waals surface area contributed by atoms with Crippen molar-refractivity contribution in [1.82, 2.24) is 0 Å². The van der Waals surface area contributed by atoms with Gasteiger partial charge in [0, 0.05) is 6.07 Å². The van der Waals surface area contributed by atoms with Gasteiger partial charge in [-0.3, -0.25) is 4.79 Å². The molecule has 0 saturated heterocycles. The van der Waals surface area contributed by atoms with Gasteiger partial charge in [-0.15, -0.1) is 0 Å². The summed E-state index contributed by atoms with van der Waals surface area (Å²) < 4.78 is 27.4. The van der Waals surface area contributed by atoms with Gasteiger partial charge in [0.1, 0.15) is 34.3 Å². The Bertz CT molecular complexity index is 1250. The van der Waals surface area contributed by atoms with Crippen LogP contribution in [0.2, 0.25) is 0 Å². The molecule has 7 heteroatoms. The van der Waals surface area contributed by atoms with E-state index >= 15 is 0 Å². The van der Waals surface area contributed by atoms with E-state index in [1.54, 1.807) is 37.3 Å². The minimum absolute atomic E-state index is 0.165. The standard InChI is InChI=1S/C27H24O7/c1-5-32-18-11-9-17(10-12-18)14-23-26(28)24-16(2)13-19(15-22(24)34-23)33-27(29)25-20(30-3)7-6-8-21(25)31-4/h6-15H,5H2,1-4H3/b23-14-. The molecule has 7 nitrogen and oxygen atoms in total. The van der Waals surface area contributed by atoms with Crippen LogP contribution in [-0.2, 0) is 0 Å². The van der Waals surface area contributed by atoms with Crippen LogP contribution in [0.15, 0.2) is 60.4 Å². The smallest absolute Gasteiger partial charge is 0.351 e. The fourth-order valence-electron chi connectivity index (χ4n) is 3.73. The molecule has 3 aromatic rings. The van der Waals surface area contributed by atoms with Gasteiger partial charge in [-0.2, -0.15) is 0 Å². The van der Waals surface area contributed by atoms with Crippen molar-refractivity contribution >= 4 is 17.8 Å². The highest BCUT2D eigenvalue weighted by Crippen LogP contribution is 2.38. The number of methoxy groups -OCH3 is 2. The van der Waals surface area contributed by atoms with Crippen molar-refractivity contribution in [3.63, 3.8) is 0 Å². The molecule has 174 valence electrons. The third-order valence-electron chi connectivity index (χ3n) is 5.27. The third-order valence-corrected chi connectivity index (χ3v) is 5.27. The van der Waals surface area contributed by atoms with Gasteiger partial charge in [-0.05, 0) is 61.4 Å². The highest BCUT2D eigenvalue weighted by Gasteiger charge is 2.31. The van der Waals surface area contributed by atoms with Gasteiger partial charge in [0.2, 0.25) is 5.78 Å². The summed E-state index contributed by atoms with van der Waals surface area (Å²) in [6.07, 6.45) is 1.67. The number of allylic oxidation sites excluding steroid dienone is 1. The van der Waals surface area contributed by atoms with Crippen molar-refractivity contribution in [3.8, 4) is 28.7 Å². The Morgan fingerprint density at radius 2 is 1.65 bits per heavy atom. The zero-order chi connectivity index (χ0) is 24.2. The number of esters is 1. The number of ether oxygens (including phenoxy) is 5. The molecular weight excluding hydrogens is 436 g/mol. The average Bonchev–Trinajstić information content (AvgIpc) is 3.14. The Kier molecular flexibility index (Phi) is 6.54.